The van der Waals surface area contributed by atoms with E-state index < -0.39 is 18.0 Å². The van der Waals surface area contributed by atoms with Crippen molar-refractivity contribution in [1.82, 2.24) is 0 Å². The molecule has 7 nitrogen and oxygen atoms in total. The van der Waals surface area contributed by atoms with Crippen LogP contribution >= 0.6 is 0 Å². The van der Waals surface area contributed by atoms with Crippen LogP contribution in [0, 0.1) is 0 Å². The van der Waals surface area contributed by atoms with E-state index in [1.54, 1.807) is 55.6 Å². The normalized spacial score (nSPS) is 11.2. The SMILES string of the molecule is COc1ccc(NC(=O)[C@@H](C)OC(=O)COc2ccc(C=O)cc2)cc1. The van der Waals surface area contributed by atoms with Gasteiger partial charge in [0.2, 0.25) is 0 Å². The van der Waals surface area contributed by atoms with Crippen LogP contribution in [0.25, 0.3) is 0 Å². The fraction of sp³-hybridized carbons (Fsp3) is 0.211. The van der Waals surface area contributed by atoms with E-state index in [2.05, 4.69) is 5.32 Å². The Bertz CT molecular complexity index is 755. The first-order valence-electron chi connectivity index (χ1n) is 7.84. The number of amides is 1. The highest BCUT2D eigenvalue weighted by Crippen LogP contribution is 2.15. The maximum absolute atomic E-state index is 12.1. The molecule has 0 fully saturated rings. The Hall–Kier alpha value is -3.35. The molecule has 2 aromatic rings. The van der Waals surface area contributed by atoms with Gasteiger partial charge in [-0.15, -0.1) is 0 Å². The van der Waals surface area contributed by atoms with Crippen molar-refractivity contribution >= 4 is 23.9 Å². The van der Waals surface area contributed by atoms with Gasteiger partial charge in [-0.3, -0.25) is 9.59 Å². The summed E-state index contributed by atoms with van der Waals surface area (Å²) in [5.41, 5.74) is 1.06. The summed E-state index contributed by atoms with van der Waals surface area (Å²) in [5.74, 6) is -0.0515. The zero-order chi connectivity index (χ0) is 18.9. The van der Waals surface area contributed by atoms with Crippen LogP contribution in [0.3, 0.4) is 0 Å². The van der Waals surface area contributed by atoms with Crippen molar-refractivity contribution in [3.8, 4) is 11.5 Å². The number of hydrogen-bond acceptors (Lipinski definition) is 6. The van der Waals surface area contributed by atoms with E-state index >= 15 is 0 Å². The minimum Gasteiger partial charge on any atom is -0.497 e. The molecule has 136 valence electrons. The first-order valence-corrected chi connectivity index (χ1v) is 7.84. The highest BCUT2D eigenvalue weighted by molar-refractivity contribution is 5.95. The van der Waals surface area contributed by atoms with E-state index in [1.807, 2.05) is 0 Å². The lowest BCUT2D eigenvalue weighted by Gasteiger charge is -2.14. The third-order valence-electron chi connectivity index (χ3n) is 3.41. The van der Waals surface area contributed by atoms with E-state index in [-0.39, 0.29) is 6.61 Å². The molecular weight excluding hydrogens is 338 g/mol. The zero-order valence-electron chi connectivity index (χ0n) is 14.4. The summed E-state index contributed by atoms with van der Waals surface area (Å²) in [6.07, 6.45) is -0.271. The van der Waals surface area contributed by atoms with E-state index in [9.17, 15) is 14.4 Å². The fourth-order valence-corrected chi connectivity index (χ4v) is 1.99. The standard InChI is InChI=1S/C19H19NO6/c1-13(19(23)20-15-5-9-16(24-2)10-6-15)26-18(22)12-25-17-7-3-14(11-21)4-8-17/h3-11,13H,12H2,1-2H3,(H,20,23)/t13-/m1/s1. The van der Waals surface area contributed by atoms with Gasteiger partial charge in [-0.2, -0.15) is 0 Å². The lowest BCUT2D eigenvalue weighted by atomic mass is 10.2. The predicted molar refractivity (Wildman–Crippen MR) is 94.5 cm³/mol. The first-order chi connectivity index (χ1) is 12.5. The second-order valence-corrected chi connectivity index (χ2v) is 5.33. The summed E-state index contributed by atoms with van der Waals surface area (Å²) in [4.78, 5) is 34.4. The van der Waals surface area contributed by atoms with Crippen LogP contribution in [-0.4, -0.2) is 38.0 Å². The Kier molecular flexibility index (Phi) is 6.73. The monoisotopic (exact) mass is 357 g/mol. The molecule has 0 aliphatic rings. The number of ether oxygens (including phenoxy) is 3. The molecule has 0 aliphatic heterocycles. The van der Waals surface area contributed by atoms with Crippen LogP contribution in [0.4, 0.5) is 5.69 Å². The van der Waals surface area contributed by atoms with E-state index in [0.717, 1.165) is 0 Å². The summed E-state index contributed by atoms with van der Waals surface area (Å²) in [5, 5.41) is 2.64. The molecule has 1 atom stereocenters. The maximum atomic E-state index is 12.1. The van der Waals surface area contributed by atoms with Crippen LogP contribution < -0.4 is 14.8 Å². The molecule has 0 saturated heterocycles. The molecule has 1 N–H and O–H groups in total. The highest BCUT2D eigenvalue weighted by Gasteiger charge is 2.18. The second kappa shape index (κ2) is 9.22. The van der Waals surface area contributed by atoms with Gasteiger partial charge in [0, 0.05) is 11.3 Å². The number of methoxy groups -OCH3 is 1. The largest absolute Gasteiger partial charge is 0.497 e. The van der Waals surface area contributed by atoms with Gasteiger partial charge in [0.05, 0.1) is 7.11 Å². The third kappa shape index (κ3) is 5.62. The van der Waals surface area contributed by atoms with Crippen LogP contribution in [-0.2, 0) is 14.3 Å². The van der Waals surface area contributed by atoms with Gasteiger partial charge in [-0.1, -0.05) is 0 Å². The van der Waals surface area contributed by atoms with Crippen molar-refractivity contribution in [2.75, 3.05) is 19.0 Å². The summed E-state index contributed by atoms with van der Waals surface area (Å²) in [6.45, 7) is 1.12. The Morgan fingerprint density at radius 1 is 1.04 bits per heavy atom. The first kappa shape index (κ1) is 19.0. The van der Waals surface area contributed by atoms with Crippen LogP contribution in [0.2, 0.25) is 0 Å². The quantitative estimate of drug-likeness (QED) is 0.576. The molecule has 26 heavy (non-hydrogen) atoms. The topological polar surface area (TPSA) is 90.9 Å². The Balaban J connectivity index is 1.79. The van der Waals surface area contributed by atoms with Crippen molar-refractivity contribution in [1.29, 1.82) is 0 Å². The van der Waals surface area contributed by atoms with Gasteiger partial charge in [0.25, 0.3) is 5.91 Å². The molecule has 0 bridgehead atoms. The number of carbonyl (C=O) groups excluding carboxylic acids is 3. The average molecular weight is 357 g/mol. The molecule has 1 amide bonds. The third-order valence-corrected chi connectivity index (χ3v) is 3.41. The Morgan fingerprint density at radius 2 is 1.65 bits per heavy atom. The van der Waals surface area contributed by atoms with Crippen molar-refractivity contribution in [3.63, 3.8) is 0 Å². The maximum Gasteiger partial charge on any atom is 0.344 e. The lowest BCUT2D eigenvalue weighted by Crippen LogP contribution is -2.31. The van der Waals surface area contributed by atoms with Gasteiger partial charge >= 0.3 is 5.97 Å². The van der Waals surface area contributed by atoms with Gasteiger partial charge in [0.15, 0.2) is 12.7 Å². The van der Waals surface area contributed by atoms with Crippen molar-refractivity contribution < 1.29 is 28.6 Å². The van der Waals surface area contributed by atoms with Crippen LogP contribution in [0.5, 0.6) is 11.5 Å². The smallest absolute Gasteiger partial charge is 0.344 e. The van der Waals surface area contributed by atoms with Gasteiger partial charge in [-0.25, -0.2) is 4.79 Å². The number of benzene rings is 2. The van der Waals surface area contributed by atoms with Crippen molar-refractivity contribution in [3.05, 3.63) is 54.1 Å². The molecule has 0 radical (unpaired) electrons. The zero-order valence-corrected chi connectivity index (χ0v) is 14.4. The lowest BCUT2D eigenvalue weighted by molar-refractivity contribution is -0.155. The van der Waals surface area contributed by atoms with E-state index in [4.69, 9.17) is 14.2 Å². The molecule has 0 heterocycles. The van der Waals surface area contributed by atoms with Gasteiger partial charge in [0.1, 0.15) is 17.8 Å². The highest BCUT2D eigenvalue weighted by atomic mass is 16.6. The minimum absolute atomic E-state index is 0.347. The van der Waals surface area contributed by atoms with Gasteiger partial charge in [-0.05, 0) is 55.5 Å². The average Bonchev–Trinajstić information content (AvgIpc) is 2.67. The summed E-state index contributed by atoms with van der Waals surface area (Å²) in [6, 6.07) is 13.0. The van der Waals surface area contributed by atoms with Gasteiger partial charge < -0.3 is 19.5 Å². The molecule has 2 rings (SSSR count). The Morgan fingerprint density at radius 3 is 2.23 bits per heavy atom. The number of rotatable bonds is 8. The fourth-order valence-electron chi connectivity index (χ4n) is 1.99. The summed E-state index contributed by atoms with van der Waals surface area (Å²) < 4.78 is 15.3. The molecular formula is C19H19NO6. The minimum atomic E-state index is -0.981. The number of esters is 1. The summed E-state index contributed by atoms with van der Waals surface area (Å²) in [7, 11) is 1.55. The van der Waals surface area contributed by atoms with E-state index in [0.29, 0.717) is 29.0 Å². The van der Waals surface area contributed by atoms with Crippen LogP contribution in [0.1, 0.15) is 17.3 Å². The molecule has 0 unspecified atom stereocenters. The second-order valence-electron chi connectivity index (χ2n) is 5.33. The predicted octanol–water partition coefficient (Wildman–Crippen LogP) is 2.46. The molecule has 7 heteroatoms. The number of carbonyl (C=O) groups is 3. The number of nitrogens with one attached hydrogen (secondary N) is 1. The van der Waals surface area contributed by atoms with Crippen LogP contribution in [0.15, 0.2) is 48.5 Å². The Labute approximate surface area is 150 Å². The van der Waals surface area contributed by atoms with Crippen molar-refractivity contribution in [2.45, 2.75) is 13.0 Å². The molecule has 0 aromatic heterocycles. The number of anilines is 1. The van der Waals surface area contributed by atoms with E-state index in [1.165, 1.54) is 6.92 Å². The molecule has 2 aromatic carbocycles. The molecule has 0 aliphatic carbocycles. The molecule has 0 saturated carbocycles. The number of hydrogen-bond donors (Lipinski definition) is 1. The number of aldehydes is 1. The van der Waals surface area contributed by atoms with Crippen molar-refractivity contribution in [2.24, 2.45) is 0 Å². The summed E-state index contributed by atoms with van der Waals surface area (Å²) >= 11 is 0. The molecule has 0 spiro atoms.